The maximum atomic E-state index is 12.5. The van der Waals surface area contributed by atoms with Crippen LogP contribution in [0.1, 0.15) is 65.7 Å². The highest BCUT2D eigenvalue weighted by Gasteiger charge is 2.50. The molecule has 23 heavy (non-hydrogen) atoms. The summed E-state index contributed by atoms with van der Waals surface area (Å²) in [6.07, 6.45) is 7.92. The molecule has 2 fully saturated rings. The Morgan fingerprint density at radius 2 is 1.78 bits per heavy atom. The summed E-state index contributed by atoms with van der Waals surface area (Å²) in [4.78, 5) is 37.8. The Morgan fingerprint density at radius 1 is 1.22 bits per heavy atom. The lowest BCUT2D eigenvalue weighted by molar-refractivity contribution is -0.135. The molecule has 1 atom stereocenters. The first-order valence-corrected chi connectivity index (χ1v) is 8.78. The van der Waals surface area contributed by atoms with Gasteiger partial charge in [-0.3, -0.25) is 14.5 Å². The van der Waals surface area contributed by atoms with E-state index in [1.807, 2.05) is 13.8 Å². The van der Waals surface area contributed by atoms with E-state index in [0.717, 1.165) is 30.6 Å². The van der Waals surface area contributed by atoms with Gasteiger partial charge in [0.2, 0.25) is 5.91 Å². The Kier molecular flexibility index (Phi) is 5.65. The van der Waals surface area contributed by atoms with Crippen molar-refractivity contribution in [1.29, 1.82) is 0 Å². The first-order chi connectivity index (χ1) is 10.8. The van der Waals surface area contributed by atoms with Gasteiger partial charge in [0.25, 0.3) is 5.91 Å². The highest BCUT2D eigenvalue weighted by atomic mass is 16.2. The van der Waals surface area contributed by atoms with Crippen molar-refractivity contribution in [3.8, 4) is 0 Å². The van der Waals surface area contributed by atoms with Crippen molar-refractivity contribution in [1.82, 2.24) is 15.5 Å². The number of hydrogen-bond donors (Lipinski definition) is 2. The van der Waals surface area contributed by atoms with Gasteiger partial charge in [0.15, 0.2) is 0 Å². The van der Waals surface area contributed by atoms with Crippen molar-refractivity contribution >= 4 is 17.8 Å². The summed E-state index contributed by atoms with van der Waals surface area (Å²) in [5, 5.41) is 5.71. The van der Waals surface area contributed by atoms with Gasteiger partial charge in [-0.25, -0.2) is 4.79 Å². The topological polar surface area (TPSA) is 78.5 Å². The normalized spacial score (nSPS) is 26.9. The van der Waals surface area contributed by atoms with Crippen molar-refractivity contribution in [2.75, 3.05) is 6.54 Å². The molecule has 1 heterocycles. The standard InChI is InChI=1S/C17H29N3O3/c1-12(2)17(3)15(22)20(16(23)19-17)11-14(21)18-13-9-7-5-4-6-8-10-13/h12-13H,4-11H2,1-3H3,(H,18,21)(H,19,23). The van der Waals surface area contributed by atoms with Crippen molar-refractivity contribution < 1.29 is 14.4 Å². The maximum Gasteiger partial charge on any atom is 0.325 e. The van der Waals surface area contributed by atoms with Gasteiger partial charge < -0.3 is 10.6 Å². The second-order valence-electron chi connectivity index (χ2n) is 7.29. The van der Waals surface area contributed by atoms with E-state index in [1.54, 1.807) is 6.92 Å². The minimum atomic E-state index is -0.919. The zero-order valence-corrected chi connectivity index (χ0v) is 14.5. The third-order valence-electron chi connectivity index (χ3n) is 5.23. The van der Waals surface area contributed by atoms with Crippen LogP contribution >= 0.6 is 0 Å². The summed E-state index contributed by atoms with van der Waals surface area (Å²) in [6, 6.07) is -0.306. The van der Waals surface area contributed by atoms with Gasteiger partial charge in [-0.05, 0) is 25.7 Å². The Bertz CT molecular complexity index is 470. The molecule has 1 unspecified atom stereocenters. The van der Waals surface area contributed by atoms with Crippen LogP contribution in [0.5, 0.6) is 0 Å². The van der Waals surface area contributed by atoms with E-state index in [2.05, 4.69) is 10.6 Å². The predicted molar refractivity (Wildman–Crippen MR) is 87.7 cm³/mol. The van der Waals surface area contributed by atoms with Gasteiger partial charge in [-0.15, -0.1) is 0 Å². The smallest absolute Gasteiger partial charge is 0.325 e. The van der Waals surface area contributed by atoms with Crippen LogP contribution in [0, 0.1) is 5.92 Å². The maximum absolute atomic E-state index is 12.5. The van der Waals surface area contributed by atoms with E-state index >= 15 is 0 Å². The molecule has 0 aromatic rings. The molecule has 4 amide bonds. The summed E-state index contributed by atoms with van der Waals surface area (Å²) < 4.78 is 0. The van der Waals surface area contributed by atoms with Gasteiger partial charge >= 0.3 is 6.03 Å². The lowest BCUT2D eigenvalue weighted by Crippen LogP contribution is -2.49. The highest BCUT2D eigenvalue weighted by molar-refractivity contribution is 6.08. The molecule has 2 aliphatic rings. The number of carbonyl (C=O) groups excluding carboxylic acids is 3. The molecule has 0 aromatic heterocycles. The van der Waals surface area contributed by atoms with E-state index in [0.29, 0.717) is 0 Å². The van der Waals surface area contributed by atoms with Gasteiger partial charge in [-0.2, -0.15) is 0 Å². The SMILES string of the molecule is CC(C)C1(C)NC(=O)N(CC(=O)NC2CCCCCCC2)C1=O. The average Bonchev–Trinajstić information content (AvgIpc) is 2.66. The minimum Gasteiger partial charge on any atom is -0.352 e. The molecule has 1 aliphatic carbocycles. The second-order valence-corrected chi connectivity index (χ2v) is 7.29. The largest absolute Gasteiger partial charge is 0.352 e. The van der Waals surface area contributed by atoms with Crippen molar-refractivity contribution in [2.45, 2.75) is 77.3 Å². The molecule has 1 saturated carbocycles. The van der Waals surface area contributed by atoms with E-state index in [9.17, 15) is 14.4 Å². The van der Waals surface area contributed by atoms with E-state index in [-0.39, 0.29) is 30.3 Å². The number of nitrogens with zero attached hydrogens (tertiary/aromatic N) is 1. The lowest BCUT2D eigenvalue weighted by atomic mass is 9.88. The van der Waals surface area contributed by atoms with Crippen LogP contribution in [-0.2, 0) is 9.59 Å². The third kappa shape index (κ3) is 4.03. The molecule has 1 saturated heterocycles. The Morgan fingerprint density at radius 3 is 2.30 bits per heavy atom. The van der Waals surface area contributed by atoms with Crippen LogP contribution in [0.25, 0.3) is 0 Å². The zero-order valence-electron chi connectivity index (χ0n) is 14.5. The van der Waals surface area contributed by atoms with Gasteiger partial charge in [0, 0.05) is 6.04 Å². The van der Waals surface area contributed by atoms with Crippen molar-refractivity contribution in [3.05, 3.63) is 0 Å². The predicted octanol–water partition coefficient (Wildman–Crippen LogP) is 2.18. The molecule has 6 heteroatoms. The zero-order chi connectivity index (χ0) is 17.0. The van der Waals surface area contributed by atoms with E-state index in [4.69, 9.17) is 0 Å². The Balaban J connectivity index is 1.92. The fraction of sp³-hybridized carbons (Fsp3) is 0.824. The Labute approximate surface area is 138 Å². The summed E-state index contributed by atoms with van der Waals surface area (Å²) in [5.41, 5.74) is -0.919. The minimum absolute atomic E-state index is 0.0300. The van der Waals surface area contributed by atoms with Crippen LogP contribution in [0.15, 0.2) is 0 Å². The molecule has 130 valence electrons. The van der Waals surface area contributed by atoms with Crippen LogP contribution in [0.4, 0.5) is 4.79 Å². The molecule has 2 rings (SSSR count). The van der Waals surface area contributed by atoms with E-state index in [1.165, 1.54) is 19.3 Å². The average molecular weight is 323 g/mol. The summed E-state index contributed by atoms with van der Waals surface area (Å²) in [7, 11) is 0. The quantitative estimate of drug-likeness (QED) is 0.778. The highest BCUT2D eigenvalue weighted by Crippen LogP contribution is 2.25. The fourth-order valence-corrected chi connectivity index (χ4v) is 3.27. The van der Waals surface area contributed by atoms with Gasteiger partial charge in [0.1, 0.15) is 12.1 Å². The molecule has 0 bridgehead atoms. The molecule has 0 spiro atoms. The van der Waals surface area contributed by atoms with E-state index < -0.39 is 11.6 Å². The molecule has 0 aromatic carbocycles. The van der Waals surface area contributed by atoms with Crippen LogP contribution < -0.4 is 10.6 Å². The third-order valence-corrected chi connectivity index (χ3v) is 5.23. The molecular weight excluding hydrogens is 294 g/mol. The lowest BCUT2D eigenvalue weighted by Gasteiger charge is -2.26. The molecule has 2 N–H and O–H groups in total. The molecule has 0 radical (unpaired) electrons. The van der Waals surface area contributed by atoms with Crippen molar-refractivity contribution in [2.24, 2.45) is 5.92 Å². The first-order valence-electron chi connectivity index (χ1n) is 8.78. The van der Waals surface area contributed by atoms with Gasteiger partial charge in [-0.1, -0.05) is 46.0 Å². The Hall–Kier alpha value is -1.59. The van der Waals surface area contributed by atoms with Crippen molar-refractivity contribution in [3.63, 3.8) is 0 Å². The molecular formula is C17H29N3O3. The number of urea groups is 1. The number of rotatable bonds is 4. The second kappa shape index (κ2) is 7.32. The van der Waals surface area contributed by atoms with Crippen LogP contribution in [-0.4, -0.2) is 40.9 Å². The first kappa shape index (κ1) is 17.8. The van der Waals surface area contributed by atoms with Crippen LogP contribution in [0.3, 0.4) is 0 Å². The summed E-state index contributed by atoms with van der Waals surface area (Å²) >= 11 is 0. The van der Waals surface area contributed by atoms with Gasteiger partial charge in [0.05, 0.1) is 0 Å². The summed E-state index contributed by atoms with van der Waals surface area (Å²) in [5.74, 6) is -0.588. The number of carbonyl (C=O) groups is 3. The number of hydrogen-bond acceptors (Lipinski definition) is 3. The molecule has 6 nitrogen and oxygen atoms in total. The monoisotopic (exact) mass is 323 g/mol. The number of imide groups is 1. The fourth-order valence-electron chi connectivity index (χ4n) is 3.27. The van der Waals surface area contributed by atoms with Crippen LogP contribution in [0.2, 0.25) is 0 Å². The molecule has 1 aliphatic heterocycles. The number of nitrogens with one attached hydrogen (secondary N) is 2. The summed E-state index contributed by atoms with van der Waals surface area (Å²) in [6.45, 7) is 5.29. The number of amides is 4.